The van der Waals surface area contributed by atoms with Gasteiger partial charge in [0.1, 0.15) is 38.7 Å². The number of nitrogens with one attached hydrogen (secondary N) is 1. The number of carboxylic acids is 4. The number of piperazine rings is 4. The molecule has 0 radical (unpaired) electrons. The Kier molecular flexibility index (Phi) is 41.5. The molecule has 18 rings (SSSR count). The average Bonchev–Trinajstić information content (AvgIpc) is 1.51. The van der Waals surface area contributed by atoms with Gasteiger partial charge in [-0.15, -0.1) is 0 Å². The molecule has 0 amide bonds. The third-order valence-electron chi connectivity index (χ3n) is 24.6. The van der Waals surface area contributed by atoms with Crippen LogP contribution in [-0.4, -0.2) is 235 Å². The summed E-state index contributed by atoms with van der Waals surface area (Å²) in [5.74, 6) is -7.90. The van der Waals surface area contributed by atoms with E-state index in [2.05, 4.69) is 27.9 Å². The quantitative estimate of drug-likeness (QED) is 0.00627. The second-order valence-corrected chi connectivity index (χ2v) is 47.1. The maximum absolute atomic E-state index is 15.3. The summed E-state index contributed by atoms with van der Waals surface area (Å²) in [7, 11) is -19.7. The van der Waals surface area contributed by atoms with E-state index in [-0.39, 0.29) is 181 Å². The first-order valence-electron chi connectivity index (χ1n) is 43.1. The molecule has 36 nitrogen and oxygen atoms in total. The number of carbonyl (C=O) groups excluding carboxylic acids is 2. The summed E-state index contributed by atoms with van der Waals surface area (Å²) in [4.78, 5) is 183. The number of hydrogen-bond acceptors (Lipinski definition) is 25. The molecular weight excluding hydrogens is 2210 g/mol. The van der Waals surface area contributed by atoms with E-state index in [0.29, 0.717) is 161 Å². The number of thiocarbonyl (C=S) groups is 3. The molecule has 10 aromatic rings. The molecule has 0 atom stereocenters. The van der Waals surface area contributed by atoms with Crippen molar-refractivity contribution in [1.29, 1.82) is 0 Å². The minimum atomic E-state index is -5.03. The van der Waals surface area contributed by atoms with Crippen LogP contribution in [0.2, 0.25) is 0 Å². The molecule has 6 aromatic carbocycles. The van der Waals surface area contributed by atoms with Crippen molar-refractivity contribution in [2.75, 3.05) is 124 Å². The number of anilines is 4. The minimum Gasteiger partial charge on any atom is -0.545 e. The fourth-order valence-corrected chi connectivity index (χ4v) is 24.0. The van der Waals surface area contributed by atoms with Crippen LogP contribution in [0.4, 0.5) is 40.3 Å². The zero-order valence-corrected chi connectivity index (χ0v) is 95.3. The van der Waals surface area contributed by atoms with Crippen molar-refractivity contribution < 1.29 is 233 Å². The van der Waals surface area contributed by atoms with Crippen molar-refractivity contribution in [2.45, 2.75) is 104 Å². The Hall–Kier alpha value is -5.29. The summed E-state index contributed by atoms with van der Waals surface area (Å²) < 4.78 is 114. The molecule has 8 aliphatic rings. The van der Waals surface area contributed by atoms with E-state index >= 15 is 4.39 Å². The van der Waals surface area contributed by atoms with Crippen LogP contribution in [0.5, 0.6) is 0 Å². The number of rotatable bonds is 21. The second kappa shape index (κ2) is 49.7. The number of aromatic carboxylic acids is 4. The summed E-state index contributed by atoms with van der Waals surface area (Å²) in [5.41, 5.74) is 0.292. The van der Waals surface area contributed by atoms with Crippen LogP contribution in [0.15, 0.2) is 146 Å². The van der Waals surface area contributed by atoms with E-state index in [0.717, 1.165) is 91.1 Å². The third-order valence-corrected chi connectivity index (χ3v) is 35.2. The number of thioether (sulfide) groups is 1. The van der Waals surface area contributed by atoms with Crippen molar-refractivity contribution in [3.63, 3.8) is 0 Å². The van der Waals surface area contributed by atoms with Crippen LogP contribution in [0.1, 0.15) is 128 Å². The number of benzene rings is 6. The largest absolute Gasteiger partial charge is 1.00 e. The summed E-state index contributed by atoms with van der Waals surface area (Å²) in [6, 6.07) is 24.6. The van der Waals surface area contributed by atoms with Crippen LogP contribution in [0.25, 0.3) is 43.6 Å². The fourth-order valence-electron chi connectivity index (χ4n) is 16.7. The van der Waals surface area contributed by atoms with Gasteiger partial charge in [-0.05, 0) is 171 Å². The molecule has 4 aliphatic heterocycles. The van der Waals surface area contributed by atoms with E-state index in [1.54, 1.807) is 74.4 Å². The predicted molar refractivity (Wildman–Crippen MR) is 532 cm³/mol. The van der Waals surface area contributed by atoms with Gasteiger partial charge in [0.25, 0.3) is 0 Å². The number of aromatic nitrogens is 4. The Morgan fingerprint density at radius 2 is 0.648 bits per heavy atom. The van der Waals surface area contributed by atoms with Gasteiger partial charge in [-0.2, -0.15) is 0 Å². The average molecular weight is 2300 g/mol. The number of carboxylic acid groups (broad SMARTS) is 4. The molecule has 8 fully saturated rings. The van der Waals surface area contributed by atoms with Crippen molar-refractivity contribution in [3.05, 3.63) is 223 Å². The molecule has 0 unspecified atom stereocenters. The number of halogens is 5. The molecule has 8 heterocycles. The van der Waals surface area contributed by atoms with E-state index in [4.69, 9.17) is 81.5 Å². The van der Waals surface area contributed by atoms with E-state index in [1.807, 2.05) is 38.9 Å². The van der Waals surface area contributed by atoms with E-state index in [9.17, 15) is 110 Å². The SMILES string of the molecule is O=C(O)c1cn(C2CC2)c2cc(N3CCN(C(=S)Sc4ccc(CC(P(=O)(O)O)P(=O)(O)O)cc4)CC3)c(F)cc2c1=O.O=C(O)c1cn(C2CC2)c2cc(N3CCNCC3)c(F)cc2c1=O.O=C([O-])c1cn(C2CC2)c2cc(N3CCN(C(=S)[S-])CC3)c(F)cc2c1=O.O=C([O-])c1cn(C2CC2)c2cc(N3CCN(C(=S)[S-])CC3)c(F)cc2c1=O.O=P(O)(O)C(Cc1ccc(I)cc1)P(=O)(O)O.[Na+].[Na+].[Na+].[Na+]. The first kappa shape index (κ1) is 119. The smallest absolute Gasteiger partial charge is 0.545 e. The van der Waals surface area contributed by atoms with Crippen LogP contribution in [0, 0.1) is 26.8 Å². The van der Waals surface area contributed by atoms with Crippen LogP contribution in [0.3, 0.4) is 0 Å². The second-order valence-electron chi connectivity index (χ2n) is 34.1. The Bertz CT molecular complexity index is 6810. The van der Waals surface area contributed by atoms with Gasteiger partial charge >= 0.3 is 161 Å². The van der Waals surface area contributed by atoms with E-state index in [1.165, 1.54) is 54.7 Å². The maximum atomic E-state index is 15.3. The van der Waals surface area contributed by atoms with Gasteiger partial charge < -0.3 is 177 Å². The molecule has 4 aliphatic carbocycles. The van der Waals surface area contributed by atoms with Gasteiger partial charge in [0.15, 0.2) is 21.7 Å². The van der Waals surface area contributed by atoms with Gasteiger partial charge in [-0.1, -0.05) is 56.9 Å². The predicted octanol–water partition coefficient (Wildman–Crippen LogP) is -3.70. The Morgan fingerprint density at radius 3 is 0.894 bits per heavy atom. The Labute approximate surface area is 941 Å². The van der Waals surface area contributed by atoms with Crippen molar-refractivity contribution in [2.24, 2.45) is 0 Å². The zero-order chi connectivity index (χ0) is 100.0. The molecule has 0 spiro atoms. The summed E-state index contributed by atoms with van der Waals surface area (Å²) in [6.45, 7) is 9.49. The molecule has 11 N–H and O–H groups in total. The van der Waals surface area contributed by atoms with Crippen LogP contribution >= 0.6 is 101 Å². The standard InChI is InChI=1S/C26H28FN3O9P2S2.2C18H18FN3O3S2.C17H18FN3O3.C8H11IO6P2.4Na/c27-20-12-18-21(30(16-3-4-16)14-19(24(18)31)25(32)33)13-22(20)28-7-9-29(10-8-28)26(42)43-17-5-1-15(2-6-17)11-23(40(34,35)36)41(37,38)39;2*19-13-7-11-14(8-15(13)20-3-5-21(6-4-20)18(26)27)22(10-1-2-10)9-12(16(11)23)17(24)25;18-13-7-11-14(8-15(13)20-5-3-19-4-6-20)21(10-1-2-10)9-12(16(11)22)17(23)24;9-7-3-1-6(2-4-7)5-8(16(10,11)12)17(13,14)15;;;;/h1-2,5-6,12-14,16,23H,3-4,7-11H2,(H,32,33)(H2,34,35,36)(H2,37,38,39);2*7-10H,1-6H2,(H,24,25)(H,26,27);7-10,19H,1-6H2,(H,23,24);1-4,8H,5H2,(H2,10,11,12)(H2,13,14,15);;;;/q;;;;;4*+1/p-4. The zero-order valence-electron chi connectivity index (χ0n) is 76.6. The number of fused-ring (bicyclic) bond motifs is 4. The number of pyridine rings is 4. The first-order valence-corrected chi connectivity index (χ1v) is 53.8. The summed E-state index contributed by atoms with van der Waals surface area (Å²) in [5, 5.41) is 40.7. The van der Waals surface area contributed by atoms with Crippen molar-refractivity contribution in [1.82, 2.24) is 38.3 Å². The van der Waals surface area contributed by atoms with Gasteiger partial charge in [0, 0.05) is 184 Å². The number of carbonyl (C=O) groups is 4. The van der Waals surface area contributed by atoms with Crippen LogP contribution < -0.4 is 175 Å². The van der Waals surface area contributed by atoms with Gasteiger partial charge in [-0.3, -0.25) is 37.4 Å². The number of nitrogens with zero attached hydrogens (tertiary/aromatic N) is 11. The topological polar surface area (TPSA) is 508 Å². The number of hydrogen-bond donors (Lipinski definition) is 11. The van der Waals surface area contributed by atoms with Gasteiger partial charge in [0.2, 0.25) is 10.9 Å². The van der Waals surface area contributed by atoms with Crippen LogP contribution in [-0.2, 0) is 56.4 Å². The molecule has 4 saturated carbocycles. The fraction of sp³-hybridized carbons (Fsp3) is 0.368. The molecule has 55 heteroatoms. The first-order chi connectivity index (χ1) is 65.0. The molecule has 142 heavy (non-hydrogen) atoms. The Morgan fingerprint density at radius 1 is 0.401 bits per heavy atom. The van der Waals surface area contributed by atoms with Crippen molar-refractivity contribution >= 4 is 230 Å². The maximum Gasteiger partial charge on any atom is 1.00 e. The van der Waals surface area contributed by atoms with Gasteiger partial charge in [0.05, 0.1) is 67.9 Å². The summed E-state index contributed by atoms with van der Waals surface area (Å²) in [6.07, 6.45) is 11.7. The molecular formula is C87H89F4IN12Na4O24P4S6. The Balaban J connectivity index is 0.000000187. The molecule has 4 aromatic heterocycles. The van der Waals surface area contributed by atoms with E-state index < -0.39 is 128 Å². The summed E-state index contributed by atoms with van der Waals surface area (Å²) >= 11 is 29.0. The minimum absolute atomic E-state index is 0. The monoisotopic (exact) mass is 2300 g/mol. The third kappa shape index (κ3) is 28.9. The normalized spacial score (nSPS) is 16.1. The van der Waals surface area contributed by atoms with Crippen molar-refractivity contribution in [3.8, 4) is 0 Å². The molecule has 736 valence electrons. The van der Waals surface area contributed by atoms with Gasteiger partial charge in [-0.25, -0.2) is 27.2 Å². The molecule has 0 bridgehead atoms. The molecule has 4 saturated heterocycles.